The molecule has 436 valence electrons. The second-order valence-electron chi connectivity index (χ2n) is 20.6. The Morgan fingerprint density at radius 2 is 0.659 bits per heavy atom. The van der Waals surface area contributed by atoms with Gasteiger partial charge >= 0.3 is 15.6 Å². The fourth-order valence-electron chi connectivity index (χ4n) is 11.4. The molecule has 0 radical (unpaired) electrons. The van der Waals surface area contributed by atoms with E-state index < -0.39 is 26.8 Å². The number of benzene rings is 11. The molecular weight excluding hydrogens is 1400 g/mol. The minimum absolute atomic E-state index is 0.799. The first-order valence-corrected chi connectivity index (χ1v) is 31.9. The van der Waals surface area contributed by atoms with Gasteiger partial charge in [0, 0.05) is 62.6 Å². The van der Waals surface area contributed by atoms with E-state index in [1.54, 1.807) is 0 Å². The lowest BCUT2D eigenvalue weighted by Gasteiger charge is -2.27. The largest absolute Gasteiger partial charge is 0.522 e. The predicted octanol–water partition coefficient (Wildman–Crippen LogP) is 19.0. The van der Waals surface area contributed by atoms with Gasteiger partial charge in [-0.05, 0) is 143 Å². The van der Waals surface area contributed by atoms with Gasteiger partial charge in [0.25, 0.3) is 0 Å². The molecule has 2 aliphatic rings. The van der Waals surface area contributed by atoms with Gasteiger partial charge in [0.1, 0.15) is 22.9 Å². The summed E-state index contributed by atoms with van der Waals surface area (Å²) in [5, 5.41) is 25.1. The third-order valence-electron chi connectivity index (χ3n) is 15.3. The summed E-state index contributed by atoms with van der Waals surface area (Å²) in [6, 6.07) is 89.6. The standard InChI is InChI=1S/2C32H20Br2N2O.C6H6.CHF3O3S/c2*33-22-13-15-25-26-16-14-23(34)19-28(26)32(37,27(25)18-22)21-8-6-7-20(17-21)31-35-29-11-4-5-12-30(29)36(31)24-9-2-1-3-10-24;1-2-4-6-5-3-1;2-1(3,4)8(5,6)7/h2*1-19,37H;1-6H;(H,5,6,7). The average molecular weight is 1440 g/mol. The summed E-state index contributed by atoms with van der Waals surface area (Å²) in [4.78, 5) is 10.1. The number of fused-ring (bicyclic) bond motifs is 8. The van der Waals surface area contributed by atoms with Crippen LogP contribution >= 0.6 is 63.7 Å². The zero-order chi connectivity index (χ0) is 61.5. The van der Waals surface area contributed by atoms with Crippen LogP contribution in [0.15, 0.2) is 285 Å². The Bertz CT molecular complexity index is 4480. The molecule has 0 saturated carbocycles. The number of halogens is 7. The van der Waals surface area contributed by atoms with Crippen LogP contribution in [0.4, 0.5) is 13.2 Å². The zero-order valence-electron chi connectivity index (χ0n) is 45.9. The maximum Gasteiger partial charge on any atom is 0.522 e. The minimum Gasteiger partial charge on any atom is -0.376 e. The summed E-state index contributed by atoms with van der Waals surface area (Å²) in [6.07, 6.45) is 0. The van der Waals surface area contributed by atoms with E-state index in [1.165, 1.54) is 0 Å². The first kappa shape index (κ1) is 60.2. The monoisotopic (exact) mass is 1440 g/mol. The quantitative estimate of drug-likeness (QED) is 0.112. The van der Waals surface area contributed by atoms with Crippen LogP contribution in [0.3, 0.4) is 0 Å². The van der Waals surface area contributed by atoms with Gasteiger partial charge in [0.05, 0.1) is 22.1 Å². The number of imidazole rings is 2. The van der Waals surface area contributed by atoms with Gasteiger partial charge in [-0.1, -0.05) is 221 Å². The molecule has 0 unspecified atom stereocenters. The summed E-state index contributed by atoms with van der Waals surface area (Å²) in [5.74, 6) is 1.67. The smallest absolute Gasteiger partial charge is 0.376 e. The summed E-state index contributed by atoms with van der Waals surface area (Å²) < 4.78 is 65.6. The van der Waals surface area contributed by atoms with Crippen molar-refractivity contribution >= 4 is 95.9 Å². The van der Waals surface area contributed by atoms with Crippen molar-refractivity contribution in [3.63, 3.8) is 0 Å². The van der Waals surface area contributed by atoms with Gasteiger partial charge in [0.15, 0.2) is 0 Å². The maximum atomic E-state index is 12.5. The molecule has 0 fully saturated rings. The Morgan fingerprint density at radius 1 is 0.375 bits per heavy atom. The van der Waals surface area contributed by atoms with Gasteiger partial charge in [-0.25, -0.2) is 9.97 Å². The molecule has 9 nitrogen and oxygen atoms in total. The number of rotatable bonds is 6. The number of aliphatic hydroxyl groups is 2. The van der Waals surface area contributed by atoms with Crippen LogP contribution < -0.4 is 0 Å². The van der Waals surface area contributed by atoms with Gasteiger partial charge in [-0.2, -0.15) is 21.6 Å². The second-order valence-corrected chi connectivity index (χ2v) is 25.7. The van der Waals surface area contributed by atoms with Crippen molar-refractivity contribution in [2.45, 2.75) is 16.7 Å². The normalized spacial score (nSPS) is 13.2. The highest BCUT2D eigenvalue weighted by Crippen LogP contribution is 2.54. The zero-order valence-corrected chi connectivity index (χ0v) is 53.1. The molecule has 15 rings (SSSR count). The van der Waals surface area contributed by atoms with Crippen molar-refractivity contribution in [2.75, 3.05) is 0 Å². The lowest BCUT2D eigenvalue weighted by atomic mass is 9.83. The number of para-hydroxylation sites is 6. The molecule has 0 aliphatic heterocycles. The number of hydrogen-bond acceptors (Lipinski definition) is 6. The molecule has 0 saturated heterocycles. The van der Waals surface area contributed by atoms with Crippen molar-refractivity contribution < 1.29 is 36.4 Å². The van der Waals surface area contributed by atoms with Crippen molar-refractivity contribution in [1.29, 1.82) is 0 Å². The second kappa shape index (κ2) is 24.5. The van der Waals surface area contributed by atoms with Crippen LogP contribution in [0.5, 0.6) is 0 Å². The van der Waals surface area contributed by atoms with Crippen LogP contribution in [0, 0.1) is 0 Å². The Morgan fingerprint density at radius 3 is 0.966 bits per heavy atom. The highest BCUT2D eigenvalue weighted by atomic mass is 79.9. The number of aromatic nitrogens is 4. The molecule has 88 heavy (non-hydrogen) atoms. The van der Waals surface area contributed by atoms with Gasteiger partial charge in [0.2, 0.25) is 0 Å². The molecule has 2 aliphatic carbocycles. The summed E-state index contributed by atoms with van der Waals surface area (Å²) in [6.45, 7) is 0. The van der Waals surface area contributed by atoms with E-state index in [4.69, 9.17) is 22.9 Å². The number of alkyl halides is 3. The molecule has 0 atom stereocenters. The van der Waals surface area contributed by atoms with E-state index in [-0.39, 0.29) is 0 Å². The maximum absolute atomic E-state index is 12.5. The van der Waals surface area contributed by atoms with E-state index in [1.807, 2.05) is 182 Å². The molecular formula is C71H47Br4F3N4O5S. The Balaban J connectivity index is 0.000000141. The Labute approximate surface area is 538 Å². The Kier molecular flexibility index (Phi) is 16.7. The molecule has 0 spiro atoms. The summed E-state index contributed by atoms with van der Waals surface area (Å²) in [7, 11) is -5.84. The first-order valence-electron chi connectivity index (χ1n) is 27.3. The molecule has 0 amide bonds. The highest BCUT2D eigenvalue weighted by molar-refractivity contribution is 9.11. The van der Waals surface area contributed by atoms with Crippen LogP contribution in [0.2, 0.25) is 0 Å². The van der Waals surface area contributed by atoms with Crippen molar-refractivity contribution in [2.24, 2.45) is 0 Å². The van der Waals surface area contributed by atoms with Crippen LogP contribution in [0.1, 0.15) is 33.4 Å². The van der Waals surface area contributed by atoms with E-state index in [2.05, 4.69) is 158 Å². The molecule has 0 bridgehead atoms. The molecule has 2 aromatic heterocycles. The topological polar surface area (TPSA) is 130 Å². The van der Waals surface area contributed by atoms with Crippen molar-refractivity contribution in [3.8, 4) is 56.4 Å². The third-order valence-corrected chi connectivity index (χ3v) is 17.8. The van der Waals surface area contributed by atoms with E-state index in [9.17, 15) is 23.4 Å². The van der Waals surface area contributed by atoms with Crippen molar-refractivity contribution in [1.82, 2.24) is 19.1 Å². The molecule has 13 aromatic rings. The van der Waals surface area contributed by atoms with Gasteiger partial charge in [-0.3, -0.25) is 13.7 Å². The molecule has 2 heterocycles. The van der Waals surface area contributed by atoms with Crippen LogP contribution in [-0.4, -0.2) is 47.8 Å². The fraction of sp³-hybridized carbons (Fsp3) is 0.0423. The number of nitrogens with zero attached hydrogens (tertiary/aromatic N) is 4. The van der Waals surface area contributed by atoms with E-state index in [0.717, 1.165) is 130 Å². The van der Waals surface area contributed by atoms with Crippen molar-refractivity contribution in [3.05, 3.63) is 318 Å². The molecule has 3 N–H and O–H groups in total. The third kappa shape index (κ3) is 11.4. The predicted molar refractivity (Wildman–Crippen MR) is 356 cm³/mol. The lowest BCUT2D eigenvalue weighted by Crippen LogP contribution is -2.26. The van der Waals surface area contributed by atoms with E-state index >= 15 is 0 Å². The summed E-state index contributed by atoms with van der Waals surface area (Å²) >= 11 is 14.5. The Hall–Kier alpha value is -8.10. The van der Waals surface area contributed by atoms with Gasteiger partial charge < -0.3 is 10.2 Å². The lowest BCUT2D eigenvalue weighted by molar-refractivity contribution is -0.0510. The highest BCUT2D eigenvalue weighted by Gasteiger charge is 2.46. The van der Waals surface area contributed by atoms with Gasteiger partial charge in [-0.15, -0.1) is 0 Å². The fourth-order valence-corrected chi connectivity index (χ4v) is 12.8. The first-order chi connectivity index (χ1) is 42.3. The van der Waals surface area contributed by atoms with Crippen LogP contribution in [-0.2, 0) is 21.3 Å². The minimum atomic E-state index is -5.84. The van der Waals surface area contributed by atoms with Crippen LogP contribution in [0.25, 0.3) is 78.5 Å². The molecule has 11 aromatic carbocycles. The van der Waals surface area contributed by atoms with E-state index in [0.29, 0.717) is 0 Å². The molecule has 17 heteroatoms. The average Bonchev–Trinajstić information content (AvgIpc) is 1.59. The summed E-state index contributed by atoms with van der Waals surface area (Å²) in [5.41, 5.74) is 8.94. The number of hydrogen-bond donors (Lipinski definition) is 3. The SMILES string of the molecule is O=S(=O)(O)C(F)(F)F.OC1(c2cccc(-c3nc4ccccc4n3-c3ccccc3)c2)c2cc(Br)ccc2-c2ccc(Br)cc21.OC1(c2cccc(-c3nc4ccccc4n3-c3ccccc3)c2)c2cc(Br)ccc2-c2ccc(Br)cc21.c1ccccc1.